The molecule has 0 rings (SSSR count). The molecule has 70 heavy (non-hydrogen) atoms. The third-order valence-corrected chi connectivity index (χ3v) is 12.3. The van der Waals surface area contributed by atoms with E-state index in [4.69, 9.17) is 14.2 Å². The van der Waals surface area contributed by atoms with Crippen molar-refractivity contribution in [3.8, 4) is 0 Å². The normalized spacial score (nSPS) is 12.8. The van der Waals surface area contributed by atoms with Crippen molar-refractivity contribution in [3.05, 3.63) is 97.2 Å². The zero-order valence-electron chi connectivity index (χ0n) is 45.8. The minimum absolute atomic E-state index is 0.0944. The molecular formula is C64H108O6. The maximum Gasteiger partial charge on any atom is 0.306 e. The first kappa shape index (κ1) is 66.3. The van der Waals surface area contributed by atoms with E-state index >= 15 is 0 Å². The van der Waals surface area contributed by atoms with Gasteiger partial charge in [-0.05, 0) is 122 Å². The summed E-state index contributed by atoms with van der Waals surface area (Å²) >= 11 is 0. The van der Waals surface area contributed by atoms with Crippen LogP contribution in [0.1, 0.15) is 271 Å². The van der Waals surface area contributed by atoms with Crippen LogP contribution in [-0.2, 0) is 28.6 Å². The molecule has 0 heterocycles. The van der Waals surface area contributed by atoms with Crippen LogP contribution in [0.2, 0.25) is 0 Å². The maximum atomic E-state index is 12.9. The highest BCUT2D eigenvalue weighted by atomic mass is 16.6. The summed E-state index contributed by atoms with van der Waals surface area (Å²) in [6.07, 6.45) is 76.8. The van der Waals surface area contributed by atoms with Crippen LogP contribution >= 0.6 is 0 Å². The Hall–Kier alpha value is -3.67. The number of allylic oxidation sites excluding steroid dienone is 16. The molecule has 0 saturated carbocycles. The molecular weight excluding hydrogens is 865 g/mol. The van der Waals surface area contributed by atoms with E-state index in [9.17, 15) is 14.4 Å². The molecule has 0 saturated heterocycles. The summed E-state index contributed by atoms with van der Waals surface area (Å²) in [6, 6.07) is 0. The number of unbranched alkanes of at least 4 members (excludes halogenated alkanes) is 25. The lowest BCUT2D eigenvalue weighted by Crippen LogP contribution is -2.30. The van der Waals surface area contributed by atoms with Gasteiger partial charge in [0.15, 0.2) is 6.10 Å². The van der Waals surface area contributed by atoms with E-state index in [-0.39, 0.29) is 31.1 Å². The Balaban J connectivity index is 4.46. The molecule has 0 fully saturated rings. The molecule has 0 N–H and O–H groups in total. The number of hydrogen-bond donors (Lipinski definition) is 0. The van der Waals surface area contributed by atoms with E-state index < -0.39 is 6.10 Å². The first-order valence-corrected chi connectivity index (χ1v) is 29.2. The Labute approximate surface area is 432 Å². The van der Waals surface area contributed by atoms with Gasteiger partial charge in [0.05, 0.1) is 0 Å². The summed E-state index contributed by atoms with van der Waals surface area (Å²) in [5.41, 5.74) is 0. The van der Waals surface area contributed by atoms with E-state index in [2.05, 4.69) is 118 Å². The van der Waals surface area contributed by atoms with Crippen LogP contribution in [0.3, 0.4) is 0 Å². The van der Waals surface area contributed by atoms with Crippen molar-refractivity contribution < 1.29 is 28.6 Å². The fourth-order valence-corrected chi connectivity index (χ4v) is 7.91. The lowest BCUT2D eigenvalue weighted by atomic mass is 10.1. The van der Waals surface area contributed by atoms with Crippen LogP contribution < -0.4 is 0 Å². The number of rotatable bonds is 52. The molecule has 0 aliphatic carbocycles. The highest BCUT2D eigenvalue weighted by Gasteiger charge is 2.19. The second-order valence-electron chi connectivity index (χ2n) is 19.2. The third kappa shape index (κ3) is 55.3. The van der Waals surface area contributed by atoms with Crippen molar-refractivity contribution in [2.45, 2.75) is 277 Å². The molecule has 0 aliphatic rings. The van der Waals surface area contributed by atoms with Crippen LogP contribution in [0.25, 0.3) is 0 Å². The Kier molecular flexibility index (Phi) is 54.9. The van der Waals surface area contributed by atoms with Gasteiger partial charge < -0.3 is 14.2 Å². The van der Waals surface area contributed by atoms with Crippen LogP contribution in [0, 0.1) is 0 Å². The highest BCUT2D eigenvalue weighted by Crippen LogP contribution is 2.15. The van der Waals surface area contributed by atoms with Gasteiger partial charge in [-0.3, -0.25) is 14.4 Å². The zero-order valence-corrected chi connectivity index (χ0v) is 45.8. The summed E-state index contributed by atoms with van der Waals surface area (Å²) in [6.45, 7) is 6.46. The van der Waals surface area contributed by atoms with Crippen molar-refractivity contribution in [1.82, 2.24) is 0 Å². The highest BCUT2D eigenvalue weighted by molar-refractivity contribution is 5.71. The summed E-state index contributed by atoms with van der Waals surface area (Å²) in [5.74, 6) is -0.936. The molecule has 0 spiro atoms. The smallest absolute Gasteiger partial charge is 0.306 e. The number of carbonyl (C=O) groups excluding carboxylic acids is 3. The van der Waals surface area contributed by atoms with Gasteiger partial charge in [-0.1, -0.05) is 227 Å². The average Bonchev–Trinajstić information content (AvgIpc) is 3.36. The molecule has 0 radical (unpaired) electrons. The number of carbonyl (C=O) groups is 3. The summed E-state index contributed by atoms with van der Waals surface area (Å²) < 4.78 is 16.8. The molecule has 0 aromatic heterocycles. The largest absolute Gasteiger partial charge is 0.462 e. The van der Waals surface area contributed by atoms with E-state index in [0.29, 0.717) is 19.3 Å². The predicted octanol–water partition coefficient (Wildman–Crippen LogP) is 19.7. The van der Waals surface area contributed by atoms with Crippen molar-refractivity contribution in [2.24, 2.45) is 0 Å². The topological polar surface area (TPSA) is 78.9 Å². The minimum Gasteiger partial charge on any atom is -0.462 e. The van der Waals surface area contributed by atoms with Gasteiger partial charge in [0.1, 0.15) is 13.2 Å². The standard InChI is InChI=1S/C64H108O6/c1-4-7-10-13-16-19-22-25-28-30-32-34-36-39-42-45-48-51-54-57-63(66)69-60-61(59-68-62(65)56-53-50-47-44-41-38-27-24-21-18-15-12-9-6-3)70-64(67)58-55-52-49-46-43-40-37-35-33-31-29-26-23-20-17-14-11-8-5-2/h7,10,16-17,19-20,24-29,32,34,39,42,61H,4-6,8-9,11-15,18,21-23,30-31,33,35-38,40-41,43-60H2,1-3H3/b10-7-,19-16-,20-17-,27-24-,28-25-,29-26-,34-32-,42-39-. The second kappa shape index (κ2) is 57.9. The quantitative estimate of drug-likeness (QED) is 0.0262. The fourth-order valence-electron chi connectivity index (χ4n) is 7.91. The molecule has 0 amide bonds. The van der Waals surface area contributed by atoms with Gasteiger partial charge in [-0.15, -0.1) is 0 Å². The third-order valence-electron chi connectivity index (χ3n) is 12.3. The molecule has 6 nitrogen and oxygen atoms in total. The van der Waals surface area contributed by atoms with Crippen LogP contribution in [0.15, 0.2) is 97.2 Å². The first-order valence-electron chi connectivity index (χ1n) is 29.2. The molecule has 1 atom stereocenters. The Bertz CT molecular complexity index is 1400. The maximum absolute atomic E-state index is 12.9. The number of esters is 3. The van der Waals surface area contributed by atoms with E-state index in [0.717, 1.165) is 109 Å². The molecule has 400 valence electrons. The lowest BCUT2D eigenvalue weighted by Gasteiger charge is -2.18. The number of ether oxygens (including phenoxy) is 3. The van der Waals surface area contributed by atoms with Gasteiger partial charge in [0, 0.05) is 19.3 Å². The molecule has 0 aromatic rings. The Morgan fingerprint density at radius 1 is 0.300 bits per heavy atom. The van der Waals surface area contributed by atoms with E-state index in [1.807, 2.05) is 0 Å². The first-order chi connectivity index (χ1) is 34.5. The van der Waals surface area contributed by atoms with Gasteiger partial charge in [0.2, 0.25) is 0 Å². The Morgan fingerprint density at radius 2 is 0.557 bits per heavy atom. The fraction of sp³-hybridized carbons (Fsp3) is 0.703. The second-order valence-corrected chi connectivity index (χ2v) is 19.2. The molecule has 6 heteroatoms. The average molecular weight is 974 g/mol. The molecule has 0 aromatic carbocycles. The number of hydrogen-bond acceptors (Lipinski definition) is 6. The molecule has 1 unspecified atom stereocenters. The van der Waals surface area contributed by atoms with E-state index in [1.165, 1.54) is 122 Å². The van der Waals surface area contributed by atoms with Gasteiger partial charge in [-0.25, -0.2) is 0 Å². The van der Waals surface area contributed by atoms with Gasteiger partial charge >= 0.3 is 17.9 Å². The van der Waals surface area contributed by atoms with Crippen molar-refractivity contribution in [3.63, 3.8) is 0 Å². The summed E-state index contributed by atoms with van der Waals surface area (Å²) in [5, 5.41) is 0. The monoisotopic (exact) mass is 973 g/mol. The minimum atomic E-state index is -0.798. The van der Waals surface area contributed by atoms with Crippen LogP contribution in [0.4, 0.5) is 0 Å². The summed E-state index contributed by atoms with van der Waals surface area (Å²) in [4.78, 5) is 38.2. The predicted molar refractivity (Wildman–Crippen MR) is 302 cm³/mol. The van der Waals surface area contributed by atoms with Crippen LogP contribution in [0.5, 0.6) is 0 Å². The molecule has 0 aliphatic heterocycles. The Morgan fingerprint density at radius 3 is 0.929 bits per heavy atom. The van der Waals surface area contributed by atoms with Gasteiger partial charge in [0.25, 0.3) is 0 Å². The van der Waals surface area contributed by atoms with Gasteiger partial charge in [-0.2, -0.15) is 0 Å². The van der Waals surface area contributed by atoms with Crippen molar-refractivity contribution in [1.29, 1.82) is 0 Å². The van der Waals surface area contributed by atoms with Crippen molar-refractivity contribution >= 4 is 17.9 Å². The SMILES string of the molecule is CC/C=C\C/C=C\C/C=C\C/C=C\C/C=C\CCCCCC(=O)OCC(COC(=O)CCCCCCC/C=C\CCCCCCC)OC(=O)CCCCCCCCCCC/C=C\C/C=C\CCCCC. The lowest BCUT2D eigenvalue weighted by molar-refractivity contribution is -0.167. The zero-order chi connectivity index (χ0) is 50.7. The van der Waals surface area contributed by atoms with Crippen LogP contribution in [-0.4, -0.2) is 37.2 Å². The van der Waals surface area contributed by atoms with E-state index in [1.54, 1.807) is 0 Å². The van der Waals surface area contributed by atoms with Crippen molar-refractivity contribution in [2.75, 3.05) is 13.2 Å². The summed E-state index contributed by atoms with van der Waals surface area (Å²) in [7, 11) is 0. The molecule has 0 bridgehead atoms.